The highest BCUT2D eigenvalue weighted by Crippen LogP contribution is 2.20. The molecule has 1 aromatic heterocycles. The van der Waals surface area contributed by atoms with Gasteiger partial charge in [-0.15, -0.1) is 0 Å². The number of aryl methyl sites for hydroxylation is 1. The van der Waals surface area contributed by atoms with Gasteiger partial charge in [-0.05, 0) is 42.3 Å². The summed E-state index contributed by atoms with van der Waals surface area (Å²) in [5.41, 5.74) is 3.23. The highest BCUT2D eigenvalue weighted by atomic mass is 16.3. The number of pyridine rings is 1. The number of phenolic OH excluding ortho intramolecular Hbond substituents is 1. The first-order chi connectivity index (χ1) is 9.72. The maximum absolute atomic E-state index is 9.27. The second kappa shape index (κ2) is 5.21. The fourth-order valence-electron chi connectivity index (χ4n) is 2.20. The molecule has 3 heteroatoms. The Kier molecular flexibility index (Phi) is 3.25. The number of fused-ring (bicyclic) bond motifs is 1. The van der Waals surface area contributed by atoms with Gasteiger partial charge >= 0.3 is 0 Å². The molecule has 0 fully saturated rings. The number of phenols is 1. The molecule has 0 saturated carbocycles. The molecule has 0 radical (unpaired) electrons. The van der Waals surface area contributed by atoms with Crippen LogP contribution in [0.4, 0.5) is 5.82 Å². The van der Waals surface area contributed by atoms with Crippen LogP contribution in [0.3, 0.4) is 0 Å². The van der Waals surface area contributed by atoms with Crippen molar-refractivity contribution in [3.63, 3.8) is 0 Å². The monoisotopic (exact) mass is 264 g/mol. The standard InChI is InChI=1S/C17H16N2O/c1-12-10-14-4-2-3-5-16(14)19-17(12)18-11-13-6-8-15(20)9-7-13/h2-10,20H,11H2,1H3,(H,18,19). The van der Waals surface area contributed by atoms with Gasteiger partial charge in [-0.25, -0.2) is 4.98 Å². The summed E-state index contributed by atoms with van der Waals surface area (Å²) in [5.74, 6) is 1.19. The second-order valence-corrected chi connectivity index (χ2v) is 4.87. The van der Waals surface area contributed by atoms with E-state index in [-0.39, 0.29) is 5.75 Å². The minimum Gasteiger partial charge on any atom is -0.508 e. The van der Waals surface area contributed by atoms with Gasteiger partial charge in [0.1, 0.15) is 11.6 Å². The Balaban J connectivity index is 1.83. The zero-order valence-corrected chi connectivity index (χ0v) is 11.3. The molecule has 3 nitrogen and oxygen atoms in total. The van der Waals surface area contributed by atoms with Gasteiger partial charge in [0.25, 0.3) is 0 Å². The smallest absolute Gasteiger partial charge is 0.129 e. The molecule has 0 atom stereocenters. The zero-order valence-electron chi connectivity index (χ0n) is 11.3. The average Bonchev–Trinajstić information content (AvgIpc) is 2.47. The Morgan fingerprint density at radius 3 is 2.60 bits per heavy atom. The number of hydrogen-bond donors (Lipinski definition) is 2. The molecular formula is C17H16N2O. The van der Waals surface area contributed by atoms with Crippen molar-refractivity contribution in [3.8, 4) is 5.75 Å². The van der Waals surface area contributed by atoms with Crippen LogP contribution in [0.1, 0.15) is 11.1 Å². The summed E-state index contributed by atoms with van der Waals surface area (Å²) in [4.78, 5) is 4.65. The number of anilines is 1. The van der Waals surface area contributed by atoms with Gasteiger partial charge in [-0.2, -0.15) is 0 Å². The molecule has 20 heavy (non-hydrogen) atoms. The Morgan fingerprint density at radius 1 is 1.05 bits per heavy atom. The second-order valence-electron chi connectivity index (χ2n) is 4.87. The van der Waals surface area contributed by atoms with Crippen LogP contribution in [0.25, 0.3) is 10.9 Å². The molecule has 0 spiro atoms. The van der Waals surface area contributed by atoms with Gasteiger partial charge in [-0.3, -0.25) is 0 Å². The van der Waals surface area contributed by atoms with E-state index < -0.39 is 0 Å². The van der Waals surface area contributed by atoms with E-state index in [0.29, 0.717) is 6.54 Å². The molecule has 100 valence electrons. The summed E-state index contributed by atoms with van der Waals surface area (Å²) in [6, 6.07) is 17.4. The molecule has 2 aromatic carbocycles. The van der Waals surface area contributed by atoms with Crippen LogP contribution in [0.5, 0.6) is 5.75 Å². The van der Waals surface area contributed by atoms with Gasteiger partial charge in [-0.1, -0.05) is 30.3 Å². The lowest BCUT2D eigenvalue weighted by Gasteiger charge is -2.10. The van der Waals surface area contributed by atoms with E-state index in [2.05, 4.69) is 29.4 Å². The molecule has 0 aliphatic carbocycles. The van der Waals surface area contributed by atoms with Crippen molar-refractivity contribution in [1.82, 2.24) is 4.98 Å². The summed E-state index contributed by atoms with van der Waals surface area (Å²) in [6.07, 6.45) is 0. The number of rotatable bonds is 3. The number of para-hydroxylation sites is 1. The minimum absolute atomic E-state index is 0.286. The summed E-state index contributed by atoms with van der Waals surface area (Å²) in [5, 5.41) is 13.8. The van der Waals surface area contributed by atoms with E-state index in [0.717, 1.165) is 27.8 Å². The van der Waals surface area contributed by atoms with Gasteiger partial charge in [0.2, 0.25) is 0 Å². The maximum Gasteiger partial charge on any atom is 0.129 e. The van der Waals surface area contributed by atoms with Crippen LogP contribution in [-0.2, 0) is 6.54 Å². The summed E-state index contributed by atoms with van der Waals surface area (Å²) in [7, 11) is 0. The zero-order chi connectivity index (χ0) is 13.9. The third-order valence-electron chi connectivity index (χ3n) is 3.31. The van der Waals surface area contributed by atoms with E-state index in [1.165, 1.54) is 0 Å². The largest absolute Gasteiger partial charge is 0.508 e. The van der Waals surface area contributed by atoms with Crippen molar-refractivity contribution in [3.05, 3.63) is 65.7 Å². The van der Waals surface area contributed by atoms with Crippen LogP contribution >= 0.6 is 0 Å². The maximum atomic E-state index is 9.27. The van der Waals surface area contributed by atoms with Gasteiger partial charge in [0.05, 0.1) is 5.52 Å². The first-order valence-corrected chi connectivity index (χ1v) is 6.60. The molecule has 2 N–H and O–H groups in total. The van der Waals surface area contributed by atoms with Gasteiger partial charge in [0, 0.05) is 11.9 Å². The van der Waals surface area contributed by atoms with E-state index in [1.54, 1.807) is 12.1 Å². The molecule has 0 saturated heterocycles. The van der Waals surface area contributed by atoms with E-state index in [4.69, 9.17) is 0 Å². The number of hydrogen-bond acceptors (Lipinski definition) is 3. The van der Waals surface area contributed by atoms with Crippen molar-refractivity contribution in [1.29, 1.82) is 0 Å². The van der Waals surface area contributed by atoms with E-state index >= 15 is 0 Å². The molecule has 0 bridgehead atoms. The number of benzene rings is 2. The Bertz CT molecular complexity index is 736. The summed E-state index contributed by atoms with van der Waals surface area (Å²) in [6.45, 7) is 2.74. The topological polar surface area (TPSA) is 45.2 Å². The molecule has 0 amide bonds. The predicted octanol–water partition coefficient (Wildman–Crippen LogP) is 3.86. The van der Waals surface area contributed by atoms with Crippen molar-refractivity contribution in [2.75, 3.05) is 5.32 Å². The van der Waals surface area contributed by atoms with Crippen LogP contribution < -0.4 is 5.32 Å². The fourth-order valence-corrected chi connectivity index (χ4v) is 2.20. The average molecular weight is 264 g/mol. The first-order valence-electron chi connectivity index (χ1n) is 6.60. The number of aromatic nitrogens is 1. The first kappa shape index (κ1) is 12.5. The van der Waals surface area contributed by atoms with Crippen molar-refractivity contribution >= 4 is 16.7 Å². The van der Waals surface area contributed by atoms with E-state index in [1.807, 2.05) is 30.3 Å². The summed E-state index contributed by atoms with van der Waals surface area (Å²) >= 11 is 0. The highest BCUT2D eigenvalue weighted by molar-refractivity contribution is 5.81. The summed E-state index contributed by atoms with van der Waals surface area (Å²) < 4.78 is 0. The lowest BCUT2D eigenvalue weighted by atomic mass is 10.1. The Morgan fingerprint density at radius 2 is 1.80 bits per heavy atom. The Labute approximate surface area is 117 Å². The molecular weight excluding hydrogens is 248 g/mol. The van der Waals surface area contributed by atoms with Crippen LogP contribution in [0, 0.1) is 6.92 Å². The fraction of sp³-hybridized carbons (Fsp3) is 0.118. The molecule has 0 aliphatic heterocycles. The number of aromatic hydroxyl groups is 1. The van der Waals surface area contributed by atoms with Crippen molar-refractivity contribution in [2.24, 2.45) is 0 Å². The van der Waals surface area contributed by atoms with Gasteiger partial charge < -0.3 is 10.4 Å². The molecule has 0 aliphatic rings. The van der Waals surface area contributed by atoms with E-state index in [9.17, 15) is 5.11 Å². The minimum atomic E-state index is 0.286. The lowest BCUT2D eigenvalue weighted by molar-refractivity contribution is 0.475. The quantitative estimate of drug-likeness (QED) is 0.755. The number of nitrogens with one attached hydrogen (secondary N) is 1. The Hall–Kier alpha value is -2.55. The lowest BCUT2D eigenvalue weighted by Crippen LogP contribution is -2.03. The van der Waals surface area contributed by atoms with Crippen LogP contribution in [0.2, 0.25) is 0 Å². The molecule has 0 unspecified atom stereocenters. The van der Waals surface area contributed by atoms with Gasteiger partial charge in [0.15, 0.2) is 0 Å². The normalized spacial score (nSPS) is 10.7. The third-order valence-corrected chi connectivity index (χ3v) is 3.31. The number of nitrogens with zero attached hydrogens (tertiary/aromatic N) is 1. The highest BCUT2D eigenvalue weighted by Gasteiger charge is 2.03. The predicted molar refractivity (Wildman–Crippen MR) is 81.9 cm³/mol. The third kappa shape index (κ3) is 2.57. The van der Waals surface area contributed by atoms with Crippen molar-refractivity contribution < 1.29 is 5.11 Å². The van der Waals surface area contributed by atoms with Crippen molar-refractivity contribution in [2.45, 2.75) is 13.5 Å². The van der Waals surface area contributed by atoms with Crippen LogP contribution in [-0.4, -0.2) is 10.1 Å². The van der Waals surface area contributed by atoms with Crippen LogP contribution in [0.15, 0.2) is 54.6 Å². The SMILES string of the molecule is Cc1cc2ccccc2nc1NCc1ccc(O)cc1. The molecule has 1 heterocycles. The molecule has 3 rings (SSSR count). The molecule has 3 aromatic rings.